The van der Waals surface area contributed by atoms with Crippen LogP contribution in [0.15, 0.2) is 36.4 Å². The van der Waals surface area contributed by atoms with Crippen LogP contribution in [0.25, 0.3) is 0 Å². The molecule has 2 aromatic carbocycles. The summed E-state index contributed by atoms with van der Waals surface area (Å²) in [6.45, 7) is 2.42. The van der Waals surface area contributed by atoms with E-state index in [1.165, 1.54) is 4.90 Å². The van der Waals surface area contributed by atoms with E-state index in [-0.39, 0.29) is 19.2 Å². The summed E-state index contributed by atoms with van der Waals surface area (Å²) in [6, 6.07) is 10.2. The normalized spacial score (nSPS) is 20.9. The first-order chi connectivity index (χ1) is 14.0. The van der Waals surface area contributed by atoms with Gasteiger partial charge in [-0.3, -0.25) is 9.69 Å². The lowest BCUT2D eigenvalue weighted by atomic mass is 9.87. The van der Waals surface area contributed by atoms with Crippen LogP contribution < -0.4 is 14.8 Å². The smallest absolute Gasteiger partial charge is 0.325 e. The van der Waals surface area contributed by atoms with Crippen molar-refractivity contribution in [2.24, 2.45) is 0 Å². The Hall–Kier alpha value is -2.77. The topological polar surface area (TPSA) is 77.1 Å². The molecule has 7 nitrogen and oxygen atoms in total. The van der Waals surface area contributed by atoms with Crippen LogP contribution in [0.2, 0.25) is 5.02 Å². The highest BCUT2D eigenvalue weighted by Gasteiger charge is 2.51. The Morgan fingerprint density at radius 3 is 2.69 bits per heavy atom. The standard InChI is InChI=1S/C21H21ClN2O5/c1-3-21(15-4-6-17(27-2)7-5-15)19(25)24(20(26)23-21)10-13-8-16(22)9-14-11-28-12-29-18(13)14/h4-9H,3,10-12H2,1-2H3,(H,23,26)/t21-/m1/s1. The molecule has 0 unspecified atom stereocenters. The van der Waals surface area contributed by atoms with Crippen LogP contribution in [0.3, 0.4) is 0 Å². The van der Waals surface area contributed by atoms with Crippen LogP contribution in [0, 0.1) is 0 Å². The van der Waals surface area contributed by atoms with Crippen molar-refractivity contribution in [2.45, 2.75) is 32.0 Å². The molecule has 2 heterocycles. The largest absolute Gasteiger partial charge is 0.497 e. The summed E-state index contributed by atoms with van der Waals surface area (Å²) in [4.78, 5) is 27.4. The molecule has 1 fully saturated rings. The molecule has 8 heteroatoms. The van der Waals surface area contributed by atoms with E-state index < -0.39 is 11.6 Å². The minimum Gasteiger partial charge on any atom is -0.497 e. The van der Waals surface area contributed by atoms with Gasteiger partial charge in [0.2, 0.25) is 0 Å². The highest BCUT2D eigenvalue weighted by Crippen LogP contribution is 2.37. The number of rotatable bonds is 5. The lowest BCUT2D eigenvalue weighted by molar-refractivity contribution is -0.132. The van der Waals surface area contributed by atoms with E-state index in [0.29, 0.717) is 40.7 Å². The number of urea groups is 1. The summed E-state index contributed by atoms with van der Waals surface area (Å²) in [5.41, 5.74) is 1.05. The van der Waals surface area contributed by atoms with Crippen LogP contribution in [0.1, 0.15) is 30.0 Å². The van der Waals surface area contributed by atoms with Gasteiger partial charge in [-0.1, -0.05) is 30.7 Å². The van der Waals surface area contributed by atoms with Gasteiger partial charge in [-0.25, -0.2) is 4.79 Å². The number of ether oxygens (including phenoxy) is 3. The van der Waals surface area contributed by atoms with Gasteiger partial charge in [-0.05, 0) is 36.2 Å². The van der Waals surface area contributed by atoms with Crippen LogP contribution in [-0.2, 0) is 28.2 Å². The summed E-state index contributed by atoms with van der Waals surface area (Å²) in [5.74, 6) is 0.981. The lowest BCUT2D eigenvalue weighted by Crippen LogP contribution is -2.43. The van der Waals surface area contributed by atoms with Gasteiger partial charge in [0, 0.05) is 16.1 Å². The van der Waals surface area contributed by atoms with Crippen molar-refractivity contribution in [2.75, 3.05) is 13.9 Å². The van der Waals surface area contributed by atoms with Crippen molar-refractivity contribution >= 4 is 23.5 Å². The van der Waals surface area contributed by atoms with Gasteiger partial charge in [-0.15, -0.1) is 0 Å². The Kier molecular flexibility index (Phi) is 5.10. The summed E-state index contributed by atoms with van der Waals surface area (Å²) < 4.78 is 16.1. The molecule has 0 aromatic heterocycles. The second-order valence-corrected chi connectivity index (χ2v) is 7.41. The fourth-order valence-electron chi connectivity index (χ4n) is 3.83. The number of halogens is 1. The molecule has 2 aliphatic heterocycles. The number of nitrogens with zero attached hydrogens (tertiary/aromatic N) is 1. The Morgan fingerprint density at radius 1 is 1.24 bits per heavy atom. The fraction of sp³-hybridized carbons (Fsp3) is 0.333. The minimum absolute atomic E-state index is 0.0610. The number of benzene rings is 2. The first-order valence-electron chi connectivity index (χ1n) is 9.29. The van der Waals surface area contributed by atoms with Gasteiger partial charge < -0.3 is 19.5 Å². The number of methoxy groups -OCH3 is 1. The Labute approximate surface area is 173 Å². The third kappa shape index (κ3) is 3.30. The summed E-state index contributed by atoms with van der Waals surface area (Å²) in [7, 11) is 1.58. The Morgan fingerprint density at radius 2 is 2.00 bits per heavy atom. The predicted molar refractivity (Wildman–Crippen MR) is 106 cm³/mol. The maximum Gasteiger partial charge on any atom is 0.325 e. The van der Waals surface area contributed by atoms with E-state index in [0.717, 1.165) is 5.56 Å². The maximum absolute atomic E-state index is 13.4. The van der Waals surface area contributed by atoms with Crippen molar-refractivity contribution in [3.63, 3.8) is 0 Å². The van der Waals surface area contributed by atoms with E-state index in [9.17, 15) is 9.59 Å². The molecule has 3 amide bonds. The van der Waals surface area contributed by atoms with Gasteiger partial charge >= 0.3 is 6.03 Å². The Balaban J connectivity index is 1.67. The summed E-state index contributed by atoms with van der Waals surface area (Å²) in [5, 5.41) is 3.38. The second kappa shape index (κ2) is 7.57. The number of carbonyl (C=O) groups is 2. The number of amides is 3. The molecule has 29 heavy (non-hydrogen) atoms. The molecule has 1 saturated heterocycles. The van der Waals surface area contributed by atoms with Crippen LogP contribution in [0.5, 0.6) is 11.5 Å². The molecule has 1 atom stereocenters. The molecule has 1 N–H and O–H groups in total. The quantitative estimate of drug-likeness (QED) is 0.754. The monoisotopic (exact) mass is 416 g/mol. The molecule has 2 aromatic rings. The van der Waals surface area contributed by atoms with Gasteiger partial charge in [0.05, 0.1) is 20.3 Å². The third-order valence-corrected chi connectivity index (χ3v) is 5.59. The van der Waals surface area contributed by atoms with E-state index in [4.69, 9.17) is 25.8 Å². The maximum atomic E-state index is 13.4. The summed E-state index contributed by atoms with van der Waals surface area (Å²) in [6.07, 6.45) is 0.415. The number of nitrogens with one attached hydrogen (secondary N) is 1. The molecule has 0 bridgehead atoms. The number of fused-ring (bicyclic) bond motifs is 1. The lowest BCUT2D eigenvalue weighted by Gasteiger charge is -2.26. The molecule has 0 spiro atoms. The van der Waals surface area contributed by atoms with Gasteiger partial charge in [-0.2, -0.15) is 0 Å². The van der Waals surface area contributed by atoms with Crippen molar-refractivity contribution in [3.8, 4) is 11.5 Å². The number of imide groups is 1. The average molecular weight is 417 g/mol. The van der Waals surface area contributed by atoms with Gasteiger partial charge in [0.15, 0.2) is 6.79 Å². The van der Waals surface area contributed by atoms with E-state index in [1.54, 1.807) is 43.5 Å². The van der Waals surface area contributed by atoms with Crippen LogP contribution in [-0.4, -0.2) is 30.7 Å². The van der Waals surface area contributed by atoms with Crippen LogP contribution in [0.4, 0.5) is 4.79 Å². The molecule has 2 aliphatic rings. The van der Waals surface area contributed by atoms with Crippen molar-refractivity contribution in [3.05, 3.63) is 58.1 Å². The van der Waals surface area contributed by atoms with Crippen molar-refractivity contribution in [1.29, 1.82) is 0 Å². The SMILES string of the molecule is CC[C@]1(c2ccc(OC)cc2)NC(=O)N(Cc2cc(Cl)cc3c2OCOC3)C1=O. The predicted octanol–water partition coefficient (Wildman–Crippen LogP) is 3.57. The molecule has 152 valence electrons. The minimum atomic E-state index is -1.12. The second-order valence-electron chi connectivity index (χ2n) is 6.97. The molecule has 0 radical (unpaired) electrons. The van der Waals surface area contributed by atoms with Crippen molar-refractivity contribution in [1.82, 2.24) is 10.2 Å². The van der Waals surface area contributed by atoms with E-state index in [1.807, 2.05) is 6.92 Å². The third-order valence-electron chi connectivity index (χ3n) is 5.37. The van der Waals surface area contributed by atoms with Crippen LogP contribution >= 0.6 is 11.6 Å². The highest BCUT2D eigenvalue weighted by molar-refractivity contribution is 6.30. The number of hydrogen-bond acceptors (Lipinski definition) is 5. The molecular weight excluding hydrogens is 396 g/mol. The Bertz CT molecular complexity index is 962. The summed E-state index contributed by atoms with van der Waals surface area (Å²) >= 11 is 6.22. The zero-order chi connectivity index (χ0) is 20.6. The van der Waals surface area contributed by atoms with Gasteiger partial charge in [0.1, 0.15) is 17.0 Å². The van der Waals surface area contributed by atoms with Crippen molar-refractivity contribution < 1.29 is 23.8 Å². The fourth-order valence-corrected chi connectivity index (χ4v) is 4.09. The molecule has 0 aliphatic carbocycles. The number of carbonyl (C=O) groups excluding carboxylic acids is 2. The van der Waals surface area contributed by atoms with E-state index >= 15 is 0 Å². The highest BCUT2D eigenvalue weighted by atomic mass is 35.5. The van der Waals surface area contributed by atoms with E-state index in [2.05, 4.69) is 5.32 Å². The number of hydrogen-bond donors (Lipinski definition) is 1. The zero-order valence-corrected chi connectivity index (χ0v) is 16.9. The zero-order valence-electron chi connectivity index (χ0n) is 16.2. The molecule has 4 rings (SSSR count). The molecule has 0 saturated carbocycles. The molecular formula is C21H21ClN2O5. The first-order valence-corrected chi connectivity index (χ1v) is 9.66. The average Bonchev–Trinajstić information content (AvgIpc) is 2.98. The first kappa shape index (κ1) is 19.5. The van der Waals surface area contributed by atoms with Gasteiger partial charge in [0.25, 0.3) is 5.91 Å².